The zero-order chi connectivity index (χ0) is 21.4. The Morgan fingerprint density at radius 1 is 0.966 bits per heavy atom. The molecule has 2 amide bonds. The van der Waals surface area contributed by atoms with Crippen LogP contribution in [0.3, 0.4) is 0 Å². The van der Waals surface area contributed by atoms with E-state index in [1.165, 1.54) is 29.2 Å². The molecule has 2 aromatic rings. The van der Waals surface area contributed by atoms with Crippen LogP contribution in [0, 0.1) is 5.82 Å². The number of para-hydroxylation sites is 1. The van der Waals surface area contributed by atoms with Crippen LogP contribution in [0.4, 0.5) is 23.2 Å². The Labute approximate surface area is 165 Å². The van der Waals surface area contributed by atoms with Crippen LogP contribution < -0.4 is 10.6 Å². The van der Waals surface area contributed by atoms with Gasteiger partial charge in [0.15, 0.2) is 0 Å². The van der Waals surface area contributed by atoms with Crippen molar-refractivity contribution in [1.29, 1.82) is 0 Å². The Morgan fingerprint density at radius 2 is 1.59 bits per heavy atom. The third-order valence-corrected chi connectivity index (χ3v) is 4.12. The van der Waals surface area contributed by atoms with Crippen LogP contribution in [0.5, 0.6) is 0 Å². The number of rotatable bonds is 8. The normalized spacial score (nSPS) is 11.4. The maximum atomic E-state index is 13.6. The first kappa shape index (κ1) is 22.4. The fourth-order valence-corrected chi connectivity index (χ4v) is 2.61. The fraction of sp³-hybridized carbons (Fsp3) is 0.300. The third kappa shape index (κ3) is 6.86. The number of benzene rings is 2. The van der Waals surface area contributed by atoms with Crippen molar-refractivity contribution >= 4 is 17.5 Å². The molecular weight excluding hydrogens is 390 g/mol. The maximum absolute atomic E-state index is 13.6. The van der Waals surface area contributed by atoms with Crippen molar-refractivity contribution in [1.82, 2.24) is 10.2 Å². The second-order valence-electron chi connectivity index (χ2n) is 6.26. The van der Waals surface area contributed by atoms with Crippen LogP contribution in [-0.4, -0.2) is 36.3 Å². The van der Waals surface area contributed by atoms with Gasteiger partial charge in [0.05, 0.1) is 24.3 Å². The molecule has 29 heavy (non-hydrogen) atoms. The van der Waals surface area contributed by atoms with E-state index in [0.717, 1.165) is 12.1 Å². The van der Waals surface area contributed by atoms with Crippen LogP contribution in [0.1, 0.15) is 18.1 Å². The van der Waals surface area contributed by atoms with Gasteiger partial charge in [0.2, 0.25) is 11.8 Å². The molecule has 2 aromatic carbocycles. The summed E-state index contributed by atoms with van der Waals surface area (Å²) in [7, 11) is 0. The summed E-state index contributed by atoms with van der Waals surface area (Å²) in [4.78, 5) is 25.7. The number of amides is 2. The van der Waals surface area contributed by atoms with E-state index in [1.807, 2.05) is 0 Å². The smallest absolute Gasteiger partial charge is 0.351 e. The number of hydrogen-bond donors (Lipinski definition) is 2. The van der Waals surface area contributed by atoms with Crippen molar-refractivity contribution in [2.45, 2.75) is 19.6 Å². The SMILES string of the molecule is CCN(CC(=O)NCc1ccccc1F)CC(=O)Nc1ccccc1C(F)(F)F. The molecule has 9 heteroatoms. The van der Waals surface area contributed by atoms with Crippen LogP contribution in [-0.2, 0) is 22.3 Å². The molecule has 0 bridgehead atoms. The molecule has 0 atom stereocenters. The third-order valence-electron chi connectivity index (χ3n) is 4.12. The summed E-state index contributed by atoms with van der Waals surface area (Å²) in [5.74, 6) is -1.55. The van der Waals surface area contributed by atoms with E-state index >= 15 is 0 Å². The van der Waals surface area contributed by atoms with Crippen molar-refractivity contribution < 1.29 is 27.2 Å². The lowest BCUT2D eigenvalue weighted by Gasteiger charge is -2.20. The van der Waals surface area contributed by atoms with Crippen molar-refractivity contribution in [3.05, 3.63) is 65.5 Å². The lowest BCUT2D eigenvalue weighted by atomic mass is 10.1. The highest BCUT2D eigenvalue weighted by Crippen LogP contribution is 2.34. The van der Waals surface area contributed by atoms with Gasteiger partial charge in [-0.2, -0.15) is 13.2 Å². The van der Waals surface area contributed by atoms with E-state index in [1.54, 1.807) is 19.1 Å². The number of nitrogens with zero attached hydrogens (tertiary/aromatic N) is 1. The van der Waals surface area contributed by atoms with Gasteiger partial charge in [-0.05, 0) is 24.7 Å². The van der Waals surface area contributed by atoms with Crippen molar-refractivity contribution in [3.8, 4) is 0 Å². The Balaban J connectivity index is 1.90. The molecule has 0 aliphatic carbocycles. The van der Waals surface area contributed by atoms with E-state index in [2.05, 4.69) is 10.6 Å². The highest BCUT2D eigenvalue weighted by Gasteiger charge is 2.33. The Hall–Kier alpha value is -2.94. The number of hydrogen-bond acceptors (Lipinski definition) is 3. The van der Waals surface area contributed by atoms with E-state index in [0.29, 0.717) is 12.1 Å². The minimum atomic E-state index is -4.60. The quantitative estimate of drug-likeness (QED) is 0.655. The monoisotopic (exact) mass is 411 g/mol. The van der Waals surface area contributed by atoms with Gasteiger partial charge in [-0.25, -0.2) is 4.39 Å². The molecule has 0 aromatic heterocycles. The lowest BCUT2D eigenvalue weighted by molar-refractivity contribution is -0.137. The Morgan fingerprint density at radius 3 is 2.24 bits per heavy atom. The predicted molar refractivity (Wildman–Crippen MR) is 100 cm³/mol. The fourth-order valence-electron chi connectivity index (χ4n) is 2.61. The Kier molecular flexibility index (Phi) is 7.72. The molecule has 0 saturated heterocycles. The van der Waals surface area contributed by atoms with E-state index in [4.69, 9.17) is 0 Å². The van der Waals surface area contributed by atoms with E-state index in [-0.39, 0.29) is 25.3 Å². The summed E-state index contributed by atoms with van der Waals surface area (Å²) in [5, 5.41) is 4.79. The second-order valence-corrected chi connectivity index (χ2v) is 6.26. The minimum Gasteiger partial charge on any atom is -0.351 e. The van der Waals surface area contributed by atoms with Gasteiger partial charge in [-0.3, -0.25) is 14.5 Å². The number of carbonyl (C=O) groups excluding carboxylic acids is 2. The summed E-state index contributed by atoms with van der Waals surface area (Å²) in [5.41, 5.74) is -0.963. The van der Waals surface area contributed by atoms with Crippen molar-refractivity contribution in [2.24, 2.45) is 0 Å². The number of anilines is 1. The number of alkyl halides is 3. The van der Waals surface area contributed by atoms with Gasteiger partial charge >= 0.3 is 6.18 Å². The van der Waals surface area contributed by atoms with E-state index < -0.39 is 29.4 Å². The molecule has 0 fully saturated rings. The summed E-state index contributed by atoms with van der Waals surface area (Å²) in [6.45, 7) is 1.60. The molecule has 5 nitrogen and oxygen atoms in total. The van der Waals surface area contributed by atoms with Gasteiger partial charge in [0.1, 0.15) is 5.82 Å². The van der Waals surface area contributed by atoms with Gasteiger partial charge in [0.25, 0.3) is 0 Å². The average molecular weight is 411 g/mol. The number of likely N-dealkylation sites (N-methyl/N-ethyl adjacent to an activating group) is 1. The molecule has 0 unspecified atom stereocenters. The first-order valence-electron chi connectivity index (χ1n) is 8.89. The summed E-state index contributed by atoms with van der Waals surface area (Å²) >= 11 is 0. The molecule has 0 saturated carbocycles. The van der Waals surface area contributed by atoms with Crippen LogP contribution >= 0.6 is 0 Å². The average Bonchev–Trinajstić information content (AvgIpc) is 2.66. The summed E-state index contributed by atoms with van der Waals surface area (Å²) < 4.78 is 52.6. The van der Waals surface area contributed by atoms with Crippen LogP contribution in [0.25, 0.3) is 0 Å². The highest BCUT2D eigenvalue weighted by molar-refractivity contribution is 5.93. The second kappa shape index (κ2) is 10.0. The molecule has 156 valence electrons. The zero-order valence-electron chi connectivity index (χ0n) is 15.7. The zero-order valence-corrected chi connectivity index (χ0v) is 15.7. The van der Waals surface area contributed by atoms with Crippen molar-refractivity contribution in [3.63, 3.8) is 0 Å². The van der Waals surface area contributed by atoms with Gasteiger partial charge in [-0.1, -0.05) is 37.3 Å². The molecule has 0 aliphatic rings. The highest BCUT2D eigenvalue weighted by atomic mass is 19.4. The maximum Gasteiger partial charge on any atom is 0.418 e. The first-order chi connectivity index (χ1) is 13.7. The van der Waals surface area contributed by atoms with E-state index in [9.17, 15) is 27.2 Å². The molecule has 0 radical (unpaired) electrons. The molecule has 0 heterocycles. The van der Waals surface area contributed by atoms with Gasteiger partial charge < -0.3 is 10.6 Å². The molecule has 0 spiro atoms. The minimum absolute atomic E-state index is 0.00574. The molecular formula is C20H21F4N3O2. The summed E-state index contributed by atoms with van der Waals surface area (Å²) in [6, 6.07) is 10.7. The predicted octanol–water partition coefficient (Wildman–Crippen LogP) is 3.42. The van der Waals surface area contributed by atoms with Crippen LogP contribution in [0.15, 0.2) is 48.5 Å². The number of nitrogens with one attached hydrogen (secondary N) is 2. The first-order valence-corrected chi connectivity index (χ1v) is 8.89. The number of halogens is 4. The largest absolute Gasteiger partial charge is 0.418 e. The standard InChI is InChI=1S/C20H21F4N3O2/c1-2-27(12-18(28)25-11-14-7-3-5-9-16(14)21)13-19(29)26-17-10-6-4-8-15(17)20(22,23)24/h3-10H,2,11-13H2,1H3,(H,25,28)(H,26,29). The Bertz CT molecular complexity index is 856. The summed E-state index contributed by atoms with van der Waals surface area (Å²) in [6.07, 6.45) is -4.60. The molecule has 2 N–H and O–H groups in total. The topological polar surface area (TPSA) is 61.4 Å². The van der Waals surface area contributed by atoms with Gasteiger partial charge in [0, 0.05) is 12.1 Å². The van der Waals surface area contributed by atoms with Gasteiger partial charge in [-0.15, -0.1) is 0 Å². The van der Waals surface area contributed by atoms with Crippen LogP contribution in [0.2, 0.25) is 0 Å². The lowest BCUT2D eigenvalue weighted by Crippen LogP contribution is -2.41. The molecule has 0 aliphatic heterocycles. The van der Waals surface area contributed by atoms with Crippen molar-refractivity contribution in [2.75, 3.05) is 25.0 Å². The number of carbonyl (C=O) groups is 2. The molecule has 2 rings (SSSR count).